The maximum absolute atomic E-state index is 11.8. The van der Waals surface area contributed by atoms with Gasteiger partial charge in [-0.2, -0.15) is 0 Å². The SMILES string of the molecule is Cc1cc(C(C)(C)C)ccc1OCC(O)CN1C(=O)CN(C)C1=O. The lowest BCUT2D eigenvalue weighted by atomic mass is 9.86. The lowest BCUT2D eigenvalue weighted by Gasteiger charge is -2.22. The Kier molecular flexibility index (Phi) is 5.18. The topological polar surface area (TPSA) is 70.1 Å². The van der Waals surface area contributed by atoms with E-state index in [1.54, 1.807) is 7.05 Å². The van der Waals surface area contributed by atoms with Crippen molar-refractivity contribution in [3.63, 3.8) is 0 Å². The molecule has 1 aromatic carbocycles. The minimum atomic E-state index is -0.925. The molecule has 0 spiro atoms. The van der Waals surface area contributed by atoms with Crippen LogP contribution in [-0.4, -0.2) is 59.7 Å². The van der Waals surface area contributed by atoms with Crippen LogP contribution in [0.3, 0.4) is 0 Å². The molecule has 1 saturated heterocycles. The smallest absolute Gasteiger partial charge is 0.327 e. The minimum absolute atomic E-state index is 0.0243. The number of ether oxygens (including phenoxy) is 1. The van der Waals surface area contributed by atoms with E-state index in [0.29, 0.717) is 5.75 Å². The van der Waals surface area contributed by atoms with Crippen molar-refractivity contribution in [3.05, 3.63) is 29.3 Å². The van der Waals surface area contributed by atoms with Crippen molar-refractivity contribution in [1.82, 2.24) is 9.80 Å². The van der Waals surface area contributed by atoms with E-state index in [1.807, 2.05) is 19.1 Å². The average molecular weight is 334 g/mol. The normalized spacial score (nSPS) is 16.8. The fourth-order valence-electron chi connectivity index (χ4n) is 2.58. The van der Waals surface area contributed by atoms with Crippen LogP contribution in [0.1, 0.15) is 31.9 Å². The summed E-state index contributed by atoms with van der Waals surface area (Å²) in [6.07, 6.45) is -0.925. The maximum atomic E-state index is 11.8. The highest BCUT2D eigenvalue weighted by Gasteiger charge is 2.34. The highest BCUT2D eigenvalue weighted by atomic mass is 16.5. The van der Waals surface area contributed by atoms with Crippen LogP contribution < -0.4 is 4.74 Å². The van der Waals surface area contributed by atoms with Gasteiger partial charge in [-0.15, -0.1) is 0 Å². The molecule has 1 atom stereocenters. The van der Waals surface area contributed by atoms with Gasteiger partial charge in [-0.25, -0.2) is 4.79 Å². The molecular formula is C18H26N2O4. The Balaban J connectivity index is 1.94. The number of hydrogen-bond donors (Lipinski definition) is 1. The van der Waals surface area contributed by atoms with E-state index in [-0.39, 0.29) is 37.0 Å². The molecule has 1 aliphatic heterocycles. The number of nitrogens with zero attached hydrogens (tertiary/aromatic N) is 2. The van der Waals surface area contributed by atoms with Gasteiger partial charge in [-0.05, 0) is 29.5 Å². The molecule has 24 heavy (non-hydrogen) atoms. The molecule has 2 rings (SSSR count). The van der Waals surface area contributed by atoms with Crippen molar-refractivity contribution < 1.29 is 19.4 Å². The number of urea groups is 1. The number of hydrogen-bond acceptors (Lipinski definition) is 4. The molecule has 6 heteroatoms. The molecule has 0 aliphatic carbocycles. The second kappa shape index (κ2) is 6.81. The number of aliphatic hydroxyl groups is 1. The number of β-amino-alcohol motifs (C(OH)–C–C–N with tert-alkyl or cyclic N) is 1. The van der Waals surface area contributed by atoms with E-state index >= 15 is 0 Å². The standard InChI is InChI=1S/C18H26N2O4/c1-12-8-13(18(2,3)4)6-7-15(12)24-11-14(21)9-20-16(22)10-19(5)17(20)23/h6-8,14,21H,9-11H2,1-5H3. The first kappa shape index (κ1) is 18.3. The van der Waals surface area contributed by atoms with Gasteiger partial charge in [0.2, 0.25) is 5.91 Å². The fraction of sp³-hybridized carbons (Fsp3) is 0.556. The van der Waals surface area contributed by atoms with E-state index in [9.17, 15) is 14.7 Å². The average Bonchev–Trinajstić information content (AvgIpc) is 2.71. The number of rotatable bonds is 5. The highest BCUT2D eigenvalue weighted by molar-refractivity contribution is 6.01. The molecule has 0 bridgehead atoms. The van der Waals surface area contributed by atoms with Crippen LogP contribution in [0.15, 0.2) is 18.2 Å². The van der Waals surface area contributed by atoms with Crippen LogP contribution in [-0.2, 0) is 10.2 Å². The third-order valence-electron chi connectivity index (χ3n) is 4.10. The predicted molar refractivity (Wildman–Crippen MR) is 91.1 cm³/mol. The molecule has 0 radical (unpaired) electrons. The van der Waals surface area contributed by atoms with Gasteiger partial charge in [-0.1, -0.05) is 32.9 Å². The van der Waals surface area contributed by atoms with E-state index < -0.39 is 6.10 Å². The van der Waals surface area contributed by atoms with E-state index in [2.05, 4.69) is 26.8 Å². The number of likely N-dealkylation sites (N-methyl/N-ethyl adjacent to an activating group) is 1. The minimum Gasteiger partial charge on any atom is -0.491 e. The lowest BCUT2D eigenvalue weighted by Crippen LogP contribution is -2.40. The summed E-state index contributed by atoms with van der Waals surface area (Å²) >= 11 is 0. The van der Waals surface area contributed by atoms with Crippen LogP contribution in [0.25, 0.3) is 0 Å². The van der Waals surface area contributed by atoms with Crippen molar-refractivity contribution in [3.8, 4) is 5.75 Å². The van der Waals surface area contributed by atoms with Crippen molar-refractivity contribution in [1.29, 1.82) is 0 Å². The zero-order valence-corrected chi connectivity index (χ0v) is 15.0. The molecule has 1 N–H and O–H groups in total. The van der Waals surface area contributed by atoms with Crippen LogP contribution in [0.5, 0.6) is 5.75 Å². The number of imide groups is 1. The van der Waals surface area contributed by atoms with E-state index in [4.69, 9.17) is 4.74 Å². The third-order valence-corrected chi connectivity index (χ3v) is 4.10. The summed E-state index contributed by atoms with van der Waals surface area (Å²) in [6, 6.07) is 5.59. The second-order valence-corrected chi connectivity index (χ2v) is 7.34. The first-order valence-corrected chi connectivity index (χ1v) is 8.07. The van der Waals surface area contributed by atoms with Gasteiger partial charge in [0.15, 0.2) is 0 Å². The zero-order chi connectivity index (χ0) is 18.1. The summed E-state index contributed by atoms with van der Waals surface area (Å²) in [5.41, 5.74) is 2.26. The summed E-state index contributed by atoms with van der Waals surface area (Å²) in [6.45, 7) is 8.42. The number of aliphatic hydroxyl groups excluding tert-OH is 1. The number of carbonyl (C=O) groups excluding carboxylic acids is 2. The molecule has 1 heterocycles. The largest absolute Gasteiger partial charge is 0.491 e. The summed E-state index contributed by atoms with van der Waals surface area (Å²) in [4.78, 5) is 25.9. The number of aryl methyl sites for hydroxylation is 1. The van der Waals surface area contributed by atoms with Gasteiger partial charge in [-0.3, -0.25) is 9.69 Å². The van der Waals surface area contributed by atoms with E-state index in [1.165, 1.54) is 10.5 Å². The van der Waals surface area contributed by atoms with Gasteiger partial charge in [0.1, 0.15) is 25.0 Å². The first-order chi connectivity index (χ1) is 11.1. The Labute approximate surface area is 143 Å². The lowest BCUT2D eigenvalue weighted by molar-refractivity contribution is -0.126. The molecule has 132 valence electrons. The summed E-state index contributed by atoms with van der Waals surface area (Å²) in [5.74, 6) is 0.394. The van der Waals surface area contributed by atoms with Crippen molar-refractivity contribution in [2.75, 3.05) is 26.7 Å². The van der Waals surface area contributed by atoms with Gasteiger partial charge in [0.25, 0.3) is 0 Å². The monoisotopic (exact) mass is 334 g/mol. The molecule has 3 amide bonds. The first-order valence-electron chi connectivity index (χ1n) is 8.07. The van der Waals surface area contributed by atoms with Crippen LogP contribution in [0, 0.1) is 6.92 Å². The van der Waals surface area contributed by atoms with Crippen LogP contribution in [0.2, 0.25) is 0 Å². The Morgan fingerprint density at radius 1 is 1.29 bits per heavy atom. The quantitative estimate of drug-likeness (QED) is 0.835. The van der Waals surface area contributed by atoms with Crippen LogP contribution in [0.4, 0.5) is 4.79 Å². The summed E-state index contributed by atoms with van der Waals surface area (Å²) in [7, 11) is 1.56. The Morgan fingerprint density at radius 3 is 2.46 bits per heavy atom. The predicted octanol–water partition coefficient (Wildman–Crippen LogP) is 1.93. The van der Waals surface area contributed by atoms with Crippen molar-refractivity contribution in [2.45, 2.75) is 39.2 Å². The Morgan fingerprint density at radius 2 is 1.96 bits per heavy atom. The molecule has 1 unspecified atom stereocenters. The van der Waals surface area contributed by atoms with Crippen molar-refractivity contribution >= 4 is 11.9 Å². The summed E-state index contributed by atoms with van der Waals surface area (Å²) in [5, 5.41) is 10.1. The Bertz CT molecular complexity index is 636. The van der Waals surface area contributed by atoms with Gasteiger partial charge >= 0.3 is 6.03 Å². The number of carbonyl (C=O) groups is 2. The molecule has 6 nitrogen and oxygen atoms in total. The van der Waals surface area contributed by atoms with Gasteiger partial charge in [0.05, 0.1) is 6.54 Å². The Hall–Kier alpha value is -2.08. The van der Waals surface area contributed by atoms with E-state index in [0.717, 1.165) is 10.5 Å². The van der Waals surface area contributed by atoms with Gasteiger partial charge in [0, 0.05) is 7.05 Å². The molecule has 0 aromatic heterocycles. The maximum Gasteiger partial charge on any atom is 0.327 e. The fourth-order valence-corrected chi connectivity index (χ4v) is 2.58. The summed E-state index contributed by atoms with van der Waals surface area (Å²) < 4.78 is 5.66. The third kappa shape index (κ3) is 4.06. The number of amides is 3. The molecule has 1 fully saturated rings. The molecular weight excluding hydrogens is 308 g/mol. The zero-order valence-electron chi connectivity index (χ0n) is 15.0. The molecule has 1 aliphatic rings. The van der Waals surface area contributed by atoms with Crippen molar-refractivity contribution in [2.24, 2.45) is 0 Å². The molecule has 1 aromatic rings. The highest BCUT2D eigenvalue weighted by Crippen LogP contribution is 2.27. The van der Waals surface area contributed by atoms with Crippen LogP contribution >= 0.6 is 0 Å². The number of benzene rings is 1. The van der Waals surface area contributed by atoms with Gasteiger partial charge < -0.3 is 14.7 Å². The molecule has 0 saturated carbocycles. The second-order valence-electron chi connectivity index (χ2n) is 7.34.